The van der Waals surface area contributed by atoms with Crippen molar-refractivity contribution in [3.63, 3.8) is 0 Å². The smallest absolute Gasteiger partial charge is 0.246 e. The number of amides is 1. The van der Waals surface area contributed by atoms with Gasteiger partial charge in [-0.3, -0.25) is 4.79 Å². The number of furan rings is 1. The van der Waals surface area contributed by atoms with Crippen molar-refractivity contribution in [1.82, 2.24) is 4.90 Å². The van der Waals surface area contributed by atoms with Gasteiger partial charge in [-0.05, 0) is 31.6 Å². The lowest BCUT2D eigenvalue weighted by atomic mass is 10.2. The number of rotatable bonds is 5. The third-order valence-corrected chi connectivity index (χ3v) is 3.09. The van der Waals surface area contributed by atoms with Crippen molar-refractivity contribution < 1.29 is 14.3 Å². The van der Waals surface area contributed by atoms with E-state index in [0.717, 1.165) is 11.0 Å². The van der Waals surface area contributed by atoms with Gasteiger partial charge >= 0.3 is 0 Å². The molecule has 20 heavy (non-hydrogen) atoms. The van der Waals surface area contributed by atoms with Crippen LogP contribution in [-0.2, 0) is 4.79 Å². The van der Waals surface area contributed by atoms with E-state index in [2.05, 4.69) is 0 Å². The summed E-state index contributed by atoms with van der Waals surface area (Å²) in [5.74, 6) is 0.551. The Morgan fingerprint density at radius 1 is 1.45 bits per heavy atom. The average molecular weight is 273 g/mol. The van der Waals surface area contributed by atoms with Crippen LogP contribution in [0.4, 0.5) is 0 Å². The first-order valence-electron chi connectivity index (χ1n) is 6.66. The van der Waals surface area contributed by atoms with Crippen molar-refractivity contribution in [2.45, 2.75) is 19.4 Å². The lowest BCUT2D eigenvalue weighted by Crippen LogP contribution is -2.27. The monoisotopic (exact) mass is 273 g/mol. The van der Waals surface area contributed by atoms with Crippen molar-refractivity contribution in [3.8, 4) is 0 Å². The molecule has 0 saturated carbocycles. The lowest BCUT2D eigenvalue weighted by Gasteiger charge is -2.15. The van der Waals surface area contributed by atoms with Gasteiger partial charge < -0.3 is 14.4 Å². The molecule has 4 heteroatoms. The van der Waals surface area contributed by atoms with Gasteiger partial charge in [-0.1, -0.05) is 18.2 Å². The first kappa shape index (κ1) is 14.3. The Bertz CT molecular complexity index is 580. The standard InChI is InChI=1S/C16H19NO3/c1-12(18)9-10-17(2)16(19)8-7-14-11-13-5-3-4-6-15(13)20-14/h3-8,11-12,18H,9-10H2,1-2H3/b8-7+. The Kier molecular flexibility index (Phi) is 4.58. The zero-order valence-electron chi connectivity index (χ0n) is 11.7. The number of hydrogen-bond donors (Lipinski definition) is 1. The summed E-state index contributed by atoms with van der Waals surface area (Å²) in [4.78, 5) is 13.4. The van der Waals surface area contributed by atoms with Crippen molar-refractivity contribution in [2.75, 3.05) is 13.6 Å². The predicted molar refractivity (Wildman–Crippen MR) is 79.2 cm³/mol. The maximum atomic E-state index is 11.9. The SMILES string of the molecule is CC(O)CCN(C)C(=O)/C=C/c1cc2ccccc2o1. The number of carbonyl (C=O) groups excluding carboxylic acids is 1. The Balaban J connectivity index is 1.99. The van der Waals surface area contributed by atoms with Gasteiger partial charge in [0.1, 0.15) is 11.3 Å². The van der Waals surface area contributed by atoms with Crippen molar-refractivity contribution in [3.05, 3.63) is 42.2 Å². The van der Waals surface area contributed by atoms with E-state index < -0.39 is 6.10 Å². The topological polar surface area (TPSA) is 53.7 Å². The highest BCUT2D eigenvalue weighted by Gasteiger charge is 2.07. The molecule has 1 atom stereocenters. The molecule has 106 valence electrons. The van der Waals surface area contributed by atoms with Crippen LogP contribution in [0.1, 0.15) is 19.1 Å². The molecule has 0 saturated heterocycles. The highest BCUT2D eigenvalue weighted by atomic mass is 16.3. The molecule has 0 fully saturated rings. The zero-order chi connectivity index (χ0) is 14.5. The molecule has 0 bridgehead atoms. The first-order chi connectivity index (χ1) is 9.56. The Labute approximate surface area is 118 Å². The van der Waals surface area contributed by atoms with Crippen LogP contribution in [0, 0.1) is 0 Å². The van der Waals surface area contributed by atoms with Gasteiger partial charge in [-0.15, -0.1) is 0 Å². The number of benzene rings is 1. The van der Waals surface area contributed by atoms with Crippen LogP contribution in [0.25, 0.3) is 17.0 Å². The van der Waals surface area contributed by atoms with Gasteiger partial charge in [0.15, 0.2) is 0 Å². The van der Waals surface area contributed by atoms with E-state index in [0.29, 0.717) is 18.7 Å². The van der Waals surface area contributed by atoms with E-state index in [1.165, 1.54) is 6.08 Å². The van der Waals surface area contributed by atoms with Crippen molar-refractivity contribution in [1.29, 1.82) is 0 Å². The van der Waals surface area contributed by atoms with Crippen LogP contribution in [0.3, 0.4) is 0 Å². The minimum atomic E-state index is -0.399. The average Bonchev–Trinajstić information content (AvgIpc) is 2.84. The highest BCUT2D eigenvalue weighted by Crippen LogP contribution is 2.19. The minimum Gasteiger partial charge on any atom is -0.457 e. The lowest BCUT2D eigenvalue weighted by molar-refractivity contribution is -0.124. The molecular formula is C16H19NO3. The predicted octanol–water partition coefficient (Wildman–Crippen LogP) is 2.68. The second-order valence-corrected chi connectivity index (χ2v) is 4.92. The second-order valence-electron chi connectivity index (χ2n) is 4.92. The van der Waals surface area contributed by atoms with Crippen LogP contribution in [0.5, 0.6) is 0 Å². The summed E-state index contributed by atoms with van der Waals surface area (Å²) in [6, 6.07) is 9.61. The number of aliphatic hydroxyl groups is 1. The molecule has 1 aromatic carbocycles. The quantitative estimate of drug-likeness (QED) is 0.852. The number of hydrogen-bond acceptors (Lipinski definition) is 3. The van der Waals surface area contributed by atoms with Crippen LogP contribution in [0.15, 0.2) is 40.8 Å². The molecule has 1 aromatic heterocycles. The Hall–Kier alpha value is -2.07. The van der Waals surface area contributed by atoms with Crippen molar-refractivity contribution in [2.24, 2.45) is 0 Å². The fourth-order valence-electron chi connectivity index (χ4n) is 1.86. The molecule has 1 heterocycles. The normalized spacial score (nSPS) is 12.9. The van der Waals surface area contributed by atoms with Gasteiger partial charge in [0.2, 0.25) is 5.91 Å². The van der Waals surface area contributed by atoms with Gasteiger partial charge in [-0.25, -0.2) is 0 Å². The third kappa shape index (κ3) is 3.71. The molecule has 0 aliphatic rings. The largest absolute Gasteiger partial charge is 0.457 e. The summed E-state index contributed by atoms with van der Waals surface area (Å²) >= 11 is 0. The summed E-state index contributed by atoms with van der Waals surface area (Å²) in [5.41, 5.74) is 0.807. The minimum absolute atomic E-state index is 0.105. The van der Waals surface area contributed by atoms with Crippen LogP contribution in [0.2, 0.25) is 0 Å². The van der Waals surface area contributed by atoms with E-state index in [1.807, 2.05) is 30.3 Å². The molecular weight excluding hydrogens is 254 g/mol. The summed E-state index contributed by atoms with van der Waals surface area (Å²) in [6.45, 7) is 2.24. The van der Waals surface area contributed by atoms with Gasteiger partial charge in [0.05, 0.1) is 6.10 Å². The highest BCUT2D eigenvalue weighted by molar-refractivity contribution is 5.92. The maximum absolute atomic E-state index is 11.9. The summed E-state index contributed by atoms with van der Waals surface area (Å²) in [7, 11) is 1.72. The first-order valence-corrected chi connectivity index (χ1v) is 6.66. The van der Waals surface area contributed by atoms with Gasteiger partial charge in [0.25, 0.3) is 0 Å². The Morgan fingerprint density at radius 3 is 2.90 bits per heavy atom. The van der Waals surface area contributed by atoms with Gasteiger partial charge in [0, 0.05) is 25.1 Å². The van der Waals surface area contributed by atoms with E-state index in [9.17, 15) is 9.90 Å². The molecule has 0 spiro atoms. The summed E-state index contributed by atoms with van der Waals surface area (Å²) in [6.07, 6.45) is 3.33. The Morgan fingerprint density at radius 2 is 2.20 bits per heavy atom. The third-order valence-electron chi connectivity index (χ3n) is 3.09. The maximum Gasteiger partial charge on any atom is 0.246 e. The summed E-state index contributed by atoms with van der Waals surface area (Å²) < 4.78 is 5.60. The van der Waals surface area contributed by atoms with Gasteiger partial charge in [-0.2, -0.15) is 0 Å². The van der Waals surface area contributed by atoms with Crippen LogP contribution >= 0.6 is 0 Å². The molecule has 0 aliphatic heterocycles. The van der Waals surface area contributed by atoms with E-state index >= 15 is 0 Å². The number of aliphatic hydroxyl groups excluding tert-OH is 1. The zero-order valence-corrected chi connectivity index (χ0v) is 11.7. The van der Waals surface area contributed by atoms with Crippen molar-refractivity contribution >= 4 is 23.0 Å². The summed E-state index contributed by atoms with van der Waals surface area (Å²) in [5, 5.41) is 10.2. The number of para-hydroxylation sites is 1. The molecule has 0 radical (unpaired) electrons. The number of likely N-dealkylation sites (N-methyl/N-ethyl adjacent to an activating group) is 1. The van der Waals surface area contributed by atoms with E-state index in [1.54, 1.807) is 24.9 Å². The molecule has 4 nitrogen and oxygen atoms in total. The molecule has 2 aromatic rings. The van der Waals surface area contributed by atoms with E-state index in [4.69, 9.17) is 4.42 Å². The molecule has 0 aliphatic carbocycles. The van der Waals surface area contributed by atoms with E-state index in [-0.39, 0.29) is 5.91 Å². The number of carbonyl (C=O) groups is 1. The second kappa shape index (κ2) is 6.39. The molecule has 1 amide bonds. The molecule has 2 rings (SSSR count). The molecule has 1 unspecified atom stereocenters. The van der Waals surface area contributed by atoms with Crippen LogP contribution < -0.4 is 0 Å². The molecule has 1 N–H and O–H groups in total. The number of fused-ring (bicyclic) bond motifs is 1. The van der Waals surface area contributed by atoms with Crippen LogP contribution in [-0.4, -0.2) is 35.6 Å². The number of nitrogens with zero attached hydrogens (tertiary/aromatic N) is 1. The fourth-order valence-corrected chi connectivity index (χ4v) is 1.86. The fraction of sp³-hybridized carbons (Fsp3) is 0.312.